The summed E-state index contributed by atoms with van der Waals surface area (Å²) in [6.45, 7) is 0. The fourth-order valence-corrected chi connectivity index (χ4v) is 3.05. The monoisotopic (exact) mass is 387 g/mol. The molecule has 0 bridgehead atoms. The van der Waals surface area contributed by atoms with E-state index in [4.69, 9.17) is 4.74 Å². The molecule has 1 fully saturated rings. The molecule has 0 unspecified atom stereocenters. The van der Waals surface area contributed by atoms with Gasteiger partial charge in [-0.3, -0.25) is 4.79 Å². The molecule has 124 valence electrons. The summed E-state index contributed by atoms with van der Waals surface area (Å²) in [5.41, 5.74) is 1.38. The van der Waals surface area contributed by atoms with Crippen LogP contribution in [0.25, 0.3) is 0 Å². The van der Waals surface area contributed by atoms with Crippen molar-refractivity contribution in [2.45, 2.75) is 31.8 Å². The third-order valence-corrected chi connectivity index (χ3v) is 4.61. The van der Waals surface area contributed by atoms with E-state index in [1.165, 1.54) is 0 Å². The van der Waals surface area contributed by atoms with Crippen LogP contribution in [0, 0.1) is 0 Å². The first-order valence-corrected chi connectivity index (χ1v) is 8.80. The summed E-state index contributed by atoms with van der Waals surface area (Å²) in [6, 6.07) is 14.0. The second-order valence-corrected chi connectivity index (χ2v) is 6.73. The fraction of sp³-hybridized carbons (Fsp3) is 0.263. The number of nitrogens with one attached hydrogen (secondary N) is 1. The lowest BCUT2D eigenvalue weighted by Crippen LogP contribution is -2.18. The lowest BCUT2D eigenvalue weighted by atomic mass is 10.1. The van der Waals surface area contributed by atoms with E-state index in [0.717, 1.165) is 30.2 Å². The molecular weight excluding hydrogens is 370 g/mol. The Labute approximate surface area is 149 Å². The molecule has 0 atom stereocenters. The van der Waals surface area contributed by atoms with Gasteiger partial charge in [0.05, 0.1) is 11.3 Å². The lowest BCUT2D eigenvalue weighted by molar-refractivity contribution is 0.0319. The molecule has 4 nitrogen and oxygen atoms in total. The number of hydrogen-bond donors (Lipinski definition) is 1. The Balaban J connectivity index is 1.74. The zero-order chi connectivity index (χ0) is 16.9. The highest BCUT2D eigenvalue weighted by molar-refractivity contribution is 9.10. The van der Waals surface area contributed by atoms with Crippen LogP contribution < -0.4 is 5.32 Å². The average molecular weight is 388 g/mol. The van der Waals surface area contributed by atoms with Gasteiger partial charge in [0.2, 0.25) is 0 Å². The maximum atomic E-state index is 12.4. The van der Waals surface area contributed by atoms with E-state index in [9.17, 15) is 9.59 Å². The standard InChI is InChI=1S/C19H18BrNO3/c20-14-11-9-13(10-12-14)18(22)21-17-8-4-3-7-16(17)19(23)24-15-5-1-2-6-15/h3-4,7-12,15H,1-2,5-6H2,(H,21,22). The lowest BCUT2D eigenvalue weighted by Gasteiger charge is -2.14. The molecule has 0 radical (unpaired) electrons. The van der Waals surface area contributed by atoms with Crippen LogP contribution in [-0.2, 0) is 4.74 Å². The summed E-state index contributed by atoms with van der Waals surface area (Å²) in [4.78, 5) is 24.8. The van der Waals surface area contributed by atoms with Crippen molar-refractivity contribution in [1.29, 1.82) is 0 Å². The van der Waals surface area contributed by atoms with E-state index < -0.39 is 0 Å². The van der Waals surface area contributed by atoms with Gasteiger partial charge in [-0.05, 0) is 62.1 Å². The number of amides is 1. The number of carbonyl (C=O) groups is 2. The van der Waals surface area contributed by atoms with Crippen LogP contribution in [0.15, 0.2) is 53.0 Å². The Bertz CT molecular complexity index is 737. The number of anilines is 1. The van der Waals surface area contributed by atoms with E-state index in [1.54, 1.807) is 48.5 Å². The first kappa shape index (κ1) is 16.7. The zero-order valence-corrected chi connectivity index (χ0v) is 14.7. The number of benzene rings is 2. The first-order chi connectivity index (χ1) is 11.6. The number of para-hydroxylation sites is 1. The van der Waals surface area contributed by atoms with Gasteiger partial charge in [0.15, 0.2) is 0 Å². The minimum absolute atomic E-state index is 0.00673. The molecule has 0 aromatic heterocycles. The van der Waals surface area contributed by atoms with Crippen molar-refractivity contribution in [1.82, 2.24) is 0 Å². The Hall–Kier alpha value is -2.14. The van der Waals surface area contributed by atoms with E-state index in [-0.39, 0.29) is 18.0 Å². The van der Waals surface area contributed by atoms with Gasteiger partial charge in [0.1, 0.15) is 6.10 Å². The van der Waals surface area contributed by atoms with E-state index in [1.807, 2.05) is 0 Å². The maximum Gasteiger partial charge on any atom is 0.340 e. The van der Waals surface area contributed by atoms with Crippen LogP contribution in [-0.4, -0.2) is 18.0 Å². The molecule has 5 heteroatoms. The summed E-state index contributed by atoms with van der Waals surface area (Å²) in [7, 11) is 0. The van der Waals surface area contributed by atoms with Crippen molar-refractivity contribution < 1.29 is 14.3 Å². The van der Waals surface area contributed by atoms with Crippen LogP contribution in [0.3, 0.4) is 0 Å². The molecule has 0 saturated heterocycles. The van der Waals surface area contributed by atoms with Crippen molar-refractivity contribution in [3.8, 4) is 0 Å². The van der Waals surface area contributed by atoms with E-state index in [2.05, 4.69) is 21.2 Å². The van der Waals surface area contributed by atoms with Gasteiger partial charge < -0.3 is 10.1 Å². The van der Waals surface area contributed by atoms with Crippen LogP contribution in [0.5, 0.6) is 0 Å². The summed E-state index contributed by atoms with van der Waals surface area (Å²) >= 11 is 3.34. The Kier molecular flexibility index (Phi) is 5.30. The Morgan fingerprint density at radius 3 is 2.38 bits per heavy atom. The molecule has 3 rings (SSSR count). The fourth-order valence-electron chi connectivity index (χ4n) is 2.79. The number of esters is 1. The van der Waals surface area contributed by atoms with Gasteiger partial charge >= 0.3 is 5.97 Å². The summed E-state index contributed by atoms with van der Waals surface area (Å²) in [5, 5.41) is 2.80. The topological polar surface area (TPSA) is 55.4 Å². The van der Waals surface area contributed by atoms with Crippen molar-refractivity contribution in [3.05, 3.63) is 64.1 Å². The molecule has 1 aliphatic carbocycles. The van der Waals surface area contributed by atoms with E-state index in [0.29, 0.717) is 16.8 Å². The van der Waals surface area contributed by atoms with Crippen molar-refractivity contribution in [2.24, 2.45) is 0 Å². The van der Waals surface area contributed by atoms with Crippen molar-refractivity contribution >= 4 is 33.5 Å². The number of carbonyl (C=O) groups excluding carboxylic acids is 2. The van der Waals surface area contributed by atoms with Crippen LogP contribution >= 0.6 is 15.9 Å². The largest absolute Gasteiger partial charge is 0.459 e. The van der Waals surface area contributed by atoms with Crippen molar-refractivity contribution in [2.75, 3.05) is 5.32 Å². The summed E-state index contributed by atoms with van der Waals surface area (Å²) < 4.78 is 6.45. The molecular formula is C19H18BrNO3. The molecule has 24 heavy (non-hydrogen) atoms. The predicted molar refractivity (Wildman–Crippen MR) is 96.2 cm³/mol. The maximum absolute atomic E-state index is 12.4. The minimum atomic E-state index is -0.381. The molecule has 0 heterocycles. The highest BCUT2D eigenvalue weighted by Crippen LogP contribution is 2.24. The number of hydrogen-bond acceptors (Lipinski definition) is 3. The number of ether oxygens (including phenoxy) is 1. The van der Waals surface area contributed by atoms with Gasteiger partial charge in [-0.25, -0.2) is 4.79 Å². The molecule has 1 N–H and O–H groups in total. The molecule has 0 aliphatic heterocycles. The van der Waals surface area contributed by atoms with Gasteiger partial charge in [-0.1, -0.05) is 28.1 Å². The van der Waals surface area contributed by atoms with Gasteiger partial charge in [-0.2, -0.15) is 0 Å². The molecule has 1 saturated carbocycles. The number of rotatable bonds is 4. The summed E-state index contributed by atoms with van der Waals surface area (Å²) in [5.74, 6) is -0.641. The quantitative estimate of drug-likeness (QED) is 0.766. The highest BCUT2D eigenvalue weighted by atomic mass is 79.9. The average Bonchev–Trinajstić information content (AvgIpc) is 3.09. The van der Waals surface area contributed by atoms with Crippen LogP contribution in [0.4, 0.5) is 5.69 Å². The minimum Gasteiger partial charge on any atom is -0.459 e. The molecule has 2 aromatic carbocycles. The van der Waals surface area contributed by atoms with E-state index >= 15 is 0 Å². The second kappa shape index (κ2) is 7.62. The Morgan fingerprint density at radius 1 is 1.00 bits per heavy atom. The van der Waals surface area contributed by atoms with Crippen molar-refractivity contribution in [3.63, 3.8) is 0 Å². The van der Waals surface area contributed by atoms with Gasteiger partial charge in [-0.15, -0.1) is 0 Å². The third kappa shape index (κ3) is 4.03. The van der Waals surface area contributed by atoms with Crippen LogP contribution in [0.1, 0.15) is 46.4 Å². The first-order valence-electron chi connectivity index (χ1n) is 8.00. The zero-order valence-electron chi connectivity index (χ0n) is 13.1. The molecule has 2 aromatic rings. The Morgan fingerprint density at radius 2 is 1.67 bits per heavy atom. The van der Waals surface area contributed by atoms with Crippen LogP contribution in [0.2, 0.25) is 0 Å². The second-order valence-electron chi connectivity index (χ2n) is 5.82. The summed E-state index contributed by atoms with van der Waals surface area (Å²) in [6.07, 6.45) is 4.02. The van der Waals surface area contributed by atoms with Gasteiger partial charge in [0.25, 0.3) is 5.91 Å². The molecule has 0 spiro atoms. The normalized spacial score (nSPS) is 14.4. The molecule has 1 amide bonds. The van der Waals surface area contributed by atoms with Gasteiger partial charge in [0, 0.05) is 10.0 Å². The third-order valence-electron chi connectivity index (χ3n) is 4.08. The smallest absolute Gasteiger partial charge is 0.340 e. The molecule has 1 aliphatic rings. The predicted octanol–water partition coefficient (Wildman–Crippen LogP) is 4.80. The highest BCUT2D eigenvalue weighted by Gasteiger charge is 2.22. The number of halogens is 1. The SMILES string of the molecule is O=C(Nc1ccccc1C(=O)OC1CCCC1)c1ccc(Br)cc1.